The first-order valence-electron chi connectivity index (χ1n) is 2.82. The van der Waals surface area contributed by atoms with Crippen LogP contribution in [0.1, 0.15) is 12.8 Å². The Bertz CT molecular complexity index is 176. The maximum absolute atomic E-state index is 10.1. The van der Waals surface area contributed by atoms with Gasteiger partial charge in [-0.1, -0.05) is 0 Å². The average Bonchev–Trinajstić information content (AvgIpc) is 1.84. The van der Waals surface area contributed by atoms with Gasteiger partial charge in [-0.25, -0.2) is 4.79 Å². The van der Waals surface area contributed by atoms with Crippen LogP contribution in [0.4, 0.5) is 0 Å². The minimum Gasteiger partial charge on any atom is -0.481 e. The number of aliphatic hydroxyl groups is 1. The third-order valence-corrected chi connectivity index (χ3v) is 1.09. The van der Waals surface area contributed by atoms with Crippen LogP contribution >= 0.6 is 0 Å². The van der Waals surface area contributed by atoms with Gasteiger partial charge in [0.2, 0.25) is 5.72 Å². The molecule has 0 aromatic rings. The van der Waals surface area contributed by atoms with Crippen LogP contribution in [0, 0.1) is 0 Å². The van der Waals surface area contributed by atoms with Gasteiger partial charge in [0.1, 0.15) is 0 Å². The van der Waals surface area contributed by atoms with Gasteiger partial charge in [0.05, 0.1) is 0 Å². The van der Waals surface area contributed by atoms with Crippen molar-refractivity contribution in [2.75, 3.05) is 0 Å². The quantitative estimate of drug-likeness (QED) is 0.377. The van der Waals surface area contributed by atoms with E-state index < -0.39 is 30.5 Å². The van der Waals surface area contributed by atoms with Crippen LogP contribution in [0.3, 0.4) is 0 Å². The molecule has 6 nitrogen and oxygen atoms in total. The normalized spacial score (nSPS) is 15.5. The summed E-state index contributed by atoms with van der Waals surface area (Å²) in [6, 6.07) is 0. The predicted molar refractivity (Wildman–Crippen MR) is 33.6 cm³/mol. The Morgan fingerprint density at radius 3 is 2.09 bits per heavy atom. The molecule has 0 aliphatic rings. The Morgan fingerprint density at radius 2 is 1.82 bits per heavy atom. The molecule has 0 aromatic carbocycles. The Balaban J connectivity index is 3.92. The van der Waals surface area contributed by atoms with Crippen LogP contribution in [0.25, 0.3) is 0 Å². The Labute approximate surface area is 62.2 Å². The molecule has 0 saturated heterocycles. The SMILES string of the molecule is N[C@@](O)(CCC(=O)O)C(=O)O. The third-order valence-electron chi connectivity index (χ3n) is 1.09. The molecule has 6 heteroatoms. The lowest BCUT2D eigenvalue weighted by atomic mass is 10.1. The van der Waals surface area contributed by atoms with Gasteiger partial charge in [0.15, 0.2) is 0 Å². The monoisotopic (exact) mass is 163 g/mol. The number of nitrogens with two attached hydrogens (primary N) is 1. The third kappa shape index (κ3) is 3.54. The van der Waals surface area contributed by atoms with Crippen LogP contribution in [0.15, 0.2) is 0 Å². The first-order valence-corrected chi connectivity index (χ1v) is 2.82. The summed E-state index contributed by atoms with van der Waals surface area (Å²) in [6.45, 7) is 0. The summed E-state index contributed by atoms with van der Waals surface area (Å²) in [4.78, 5) is 20.0. The van der Waals surface area contributed by atoms with Crippen LogP contribution < -0.4 is 5.73 Å². The van der Waals surface area contributed by atoms with Crippen LogP contribution in [0.2, 0.25) is 0 Å². The van der Waals surface area contributed by atoms with Gasteiger partial charge in [-0.05, 0) is 0 Å². The molecule has 0 aromatic heterocycles. The minimum absolute atomic E-state index is 0.473. The number of hydrogen-bond acceptors (Lipinski definition) is 4. The summed E-state index contributed by atoms with van der Waals surface area (Å²) < 4.78 is 0. The highest BCUT2D eigenvalue weighted by atomic mass is 16.4. The summed E-state index contributed by atoms with van der Waals surface area (Å²) in [5.41, 5.74) is 2.37. The molecule has 0 bridgehead atoms. The van der Waals surface area contributed by atoms with Gasteiger partial charge in [-0.3, -0.25) is 10.5 Å². The maximum atomic E-state index is 10.1. The zero-order valence-electron chi connectivity index (χ0n) is 5.65. The van der Waals surface area contributed by atoms with Crippen molar-refractivity contribution in [2.24, 2.45) is 5.73 Å². The van der Waals surface area contributed by atoms with E-state index in [1.165, 1.54) is 0 Å². The van der Waals surface area contributed by atoms with E-state index in [0.29, 0.717) is 0 Å². The molecule has 1 atom stereocenters. The van der Waals surface area contributed by atoms with Crippen molar-refractivity contribution in [1.82, 2.24) is 0 Å². The van der Waals surface area contributed by atoms with E-state index in [9.17, 15) is 9.59 Å². The molecule has 0 aliphatic heterocycles. The second-order valence-electron chi connectivity index (χ2n) is 2.12. The molecule has 5 N–H and O–H groups in total. The fraction of sp³-hybridized carbons (Fsp3) is 0.600. The topological polar surface area (TPSA) is 121 Å². The predicted octanol–water partition coefficient (Wildman–Crippen LogP) is -1.42. The van der Waals surface area contributed by atoms with Gasteiger partial charge in [0.25, 0.3) is 0 Å². The zero-order valence-corrected chi connectivity index (χ0v) is 5.65. The number of aliphatic carboxylic acids is 2. The highest BCUT2D eigenvalue weighted by molar-refractivity contribution is 5.77. The molecular weight excluding hydrogens is 154 g/mol. The Hall–Kier alpha value is -1.14. The summed E-state index contributed by atoms with van der Waals surface area (Å²) in [5.74, 6) is -2.83. The number of carboxylic acid groups (broad SMARTS) is 2. The molecule has 0 spiro atoms. The molecule has 0 fully saturated rings. The first kappa shape index (κ1) is 9.86. The molecule has 0 amide bonds. The number of carbonyl (C=O) groups is 2. The average molecular weight is 163 g/mol. The minimum atomic E-state index is -2.43. The van der Waals surface area contributed by atoms with E-state index in [-0.39, 0.29) is 0 Å². The van der Waals surface area contributed by atoms with Crippen LogP contribution in [-0.4, -0.2) is 33.0 Å². The largest absolute Gasteiger partial charge is 0.481 e. The van der Waals surface area contributed by atoms with Gasteiger partial charge >= 0.3 is 11.9 Å². The highest BCUT2D eigenvalue weighted by Crippen LogP contribution is 2.05. The molecule has 0 radical (unpaired) electrons. The summed E-state index contributed by atoms with van der Waals surface area (Å²) in [6.07, 6.45) is -0.975. The summed E-state index contributed by atoms with van der Waals surface area (Å²) in [7, 11) is 0. The lowest BCUT2D eigenvalue weighted by Crippen LogP contribution is -2.48. The van der Waals surface area contributed by atoms with Crippen molar-refractivity contribution >= 4 is 11.9 Å². The van der Waals surface area contributed by atoms with Crippen LogP contribution in [0.5, 0.6) is 0 Å². The zero-order chi connectivity index (χ0) is 9.07. The van der Waals surface area contributed by atoms with E-state index in [1.54, 1.807) is 0 Å². The van der Waals surface area contributed by atoms with E-state index in [1.807, 2.05) is 0 Å². The molecule has 64 valence electrons. The Kier molecular flexibility index (Phi) is 2.97. The molecule has 0 heterocycles. The fourth-order valence-corrected chi connectivity index (χ4v) is 0.404. The maximum Gasteiger partial charge on any atom is 0.351 e. The molecule has 0 unspecified atom stereocenters. The van der Waals surface area contributed by atoms with Crippen molar-refractivity contribution in [3.63, 3.8) is 0 Å². The van der Waals surface area contributed by atoms with Crippen molar-refractivity contribution in [1.29, 1.82) is 0 Å². The number of carboxylic acids is 2. The Morgan fingerprint density at radius 1 is 1.36 bits per heavy atom. The van der Waals surface area contributed by atoms with Gasteiger partial charge in [-0.2, -0.15) is 0 Å². The first-order chi connectivity index (χ1) is 4.86. The molecule has 0 aliphatic carbocycles. The fourth-order valence-electron chi connectivity index (χ4n) is 0.404. The van der Waals surface area contributed by atoms with E-state index in [4.69, 9.17) is 21.1 Å². The second-order valence-corrected chi connectivity index (χ2v) is 2.12. The smallest absolute Gasteiger partial charge is 0.351 e. The van der Waals surface area contributed by atoms with E-state index >= 15 is 0 Å². The van der Waals surface area contributed by atoms with Crippen molar-refractivity contribution in [2.45, 2.75) is 18.6 Å². The van der Waals surface area contributed by atoms with Crippen molar-refractivity contribution in [3.8, 4) is 0 Å². The highest BCUT2D eigenvalue weighted by Gasteiger charge is 2.30. The lowest BCUT2D eigenvalue weighted by molar-refractivity contribution is -0.159. The van der Waals surface area contributed by atoms with Crippen molar-refractivity contribution in [3.05, 3.63) is 0 Å². The van der Waals surface area contributed by atoms with Gasteiger partial charge in [0, 0.05) is 12.8 Å². The van der Waals surface area contributed by atoms with Crippen molar-refractivity contribution < 1.29 is 24.9 Å². The van der Waals surface area contributed by atoms with E-state index in [2.05, 4.69) is 0 Å². The number of hydrogen-bond donors (Lipinski definition) is 4. The second kappa shape index (κ2) is 3.31. The summed E-state index contributed by atoms with van der Waals surface area (Å²) >= 11 is 0. The van der Waals surface area contributed by atoms with Gasteiger partial charge < -0.3 is 15.3 Å². The van der Waals surface area contributed by atoms with E-state index in [0.717, 1.165) is 0 Å². The molecular formula is C5H9NO5. The molecule has 0 saturated carbocycles. The van der Waals surface area contributed by atoms with Gasteiger partial charge in [-0.15, -0.1) is 0 Å². The molecule has 11 heavy (non-hydrogen) atoms. The van der Waals surface area contributed by atoms with Crippen LogP contribution in [-0.2, 0) is 9.59 Å². The lowest BCUT2D eigenvalue weighted by Gasteiger charge is -2.15. The number of rotatable bonds is 4. The summed E-state index contributed by atoms with van der Waals surface area (Å²) in [5, 5.41) is 25.0. The molecule has 0 rings (SSSR count). The standard InChI is InChI=1S/C5H9NO5/c6-5(11,4(9)10)2-1-3(7)8/h11H,1-2,6H2,(H,7,8)(H,9,10)/t5-/m1/s1.